The minimum Gasteiger partial charge on any atom is -0.458 e. The highest BCUT2D eigenvalue weighted by Crippen LogP contribution is 2.23. The van der Waals surface area contributed by atoms with Crippen LogP contribution in [0.4, 0.5) is 0 Å². The van der Waals surface area contributed by atoms with Crippen molar-refractivity contribution in [1.82, 2.24) is 10.2 Å². The molecule has 0 amide bonds. The molecule has 1 fully saturated rings. The molecule has 0 spiro atoms. The quantitative estimate of drug-likeness (QED) is 0.789. The van der Waals surface area contributed by atoms with Gasteiger partial charge in [-0.25, -0.2) is 4.79 Å². The normalized spacial score (nSPS) is 23.7. The summed E-state index contributed by atoms with van der Waals surface area (Å²) in [5, 5.41) is 7.56. The van der Waals surface area contributed by atoms with Gasteiger partial charge < -0.3 is 9.47 Å². The van der Waals surface area contributed by atoms with E-state index in [0.717, 1.165) is 25.7 Å². The average molecular weight is 271 g/mol. The Labute approximate surface area is 110 Å². The zero-order valence-corrected chi connectivity index (χ0v) is 10.9. The first-order valence-corrected chi connectivity index (χ1v) is 6.30. The highest BCUT2D eigenvalue weighted by atomic mass is 35.5. The molecule has 2 unspecified atom stereocenters. The van der Waals surface area contributed by atoms with Crippen molar-refractivity contribution < 1.29 is 14.3 Å². The number of carbonyl (C=O) groups excluding carboxylic acids is 1. The summed E-state index contributed by atoms with van der Waals surface area (Å²) in [4.78, 5) is 11.8. The van der Waals surface area contributed by atoms with Crippen LogP contribution >= 0.6 is 11.6 Å². The number of hydrogen-bond acceptors (Lipinski definition) is 5. The van der Waals surface area contributed by atoms with Gasteiger partial charge in [0.1, 0.15) is 6.10 Å². The fraction of sp³-hybridized carbons (Fsp3) is 0.583. The summed E-state index contributed by atoms with van der Waals surface area (Å²) in [6.45, 7) is 0. The van der Waals surface area contributed by atoms with Crippen LogP contribution in [0, 0.1) is 0 Å². The van der Waals surface area contributed by atoms with Crippen LogP contribution < -0.4 is 0 Å². The van der Waals surface area contributed by atoms with E-state index in [0.29, 0.717) is 0 Å². The summed E-state index contributed by atoms with van der Waals surface area (Å²) < 4.78 is 10.7. The van der Waals surface area contributed by atoms with Crippen molar-refractivity contribution in [2.75, 3.05) is 7.11 Å². The lowest BCUT2D eigenvalue weighted by Gasteiger charge is -2.27. The molecule has 1 aromatic heterocycles. The van der Waals surface area contributed by atoms with E-state index in [4.69, 9.17) is 21.1 Å². The summed E-state index contributed by atoms with van der Waals surface area (Å²) >= 11 is 5.60. The predicted octanol–water partition coefficient (Wildman–Crippen LogP) is 2.24. The van der Waals surface area contributed by atoms with Gasteiger partial charge in [0, 0.05) is 13.5 Å². The molecule has 2 atom stereocenters. The van der Waals surface area contributed by atoms with E-state index < -0.39 is 5.97 Å². The lowest BCUT2D eigenvalue weighted by Crippen LogP contribution is -2.29. The second-order valence-corrected chi connectivity index (χ2v) is 4.68. The average Bonchev–Trinajstić information content (AvgIpc) is 2.39. The largest absolute Gasteiger partial charge is 0.458 e. The first kappa shape index (κ1) is 13.2. The van der Waals surface area contributed by atoms with Gasteiger partial charge in [-0.05, 0) is 31.4 Å². The minimum absolute atomic E-state index is 0.103. The maximum absolute atomic E-state index is 11.8. The molecule has 0 N–H and O–H groups in total. The van der Waals surface area contributed by atoms with Gasteiger partial charge in [0.15, 0.2) is 10.8 Å². The summed E-state index contributed by atoms with van der Waals surface area (Å²) in [5.74, 6) is -0.457. The molecule has 18 heavy (non-hydrogen) atoms. The summed E-state index contributed by atoms with van der Waals surface area (Å²) in [5.41, 5.74) is 0.180. The highest BCUT2D eigenvalue weighted by molar-refractivity contribution is 6.29. The molecule has 1 aliphatic carbocycles. The molecule has 1 saturated carbocycles. The van der Waals surface area contributed by atoms with Gasteiger partial charge in [-0.15, -0.1) is 10.2 Å². The predicted molar refractivity (Wildman–Crippen MR) is 65.5 cm³/mol. The summed E-state index contributed by atoms with van der Waals surface area (Å²) in [6, 6.07) is 3.03. The van der Waals surface area contributed by atoms with Crippen LogP contribution in [-0.4, -0.2) is 35.5 Å². The topological polar surface area (TPSA) is 61.3 Å². The first-order chi connectivity index (χ1) is 8.69. The van der Waals surface area contributed by atoms with Gasteiger partial charge in [0.2, 0.25) is 0 Å². The second-order valence-electron chi connectivity index (χ2n) is 4.29. The highest BCUT2D eigenvalue weighted by Gasteiger charge is 2.25. The van der Waals surface area contributed by atoms with Gasteiger partial charge in [0.25, 0.3) is 0 Å². The van der Waals surface area contributed by atoms with Crippen molar-refractivity contribution in [2.24, 2.45) is 0 Å². The molecule has 0 aliphatic heterocycles. The van der Waals surface area contributed by atoms with Crippen molar-refractivity contribution in [3.8, 4) is 0 Å². The molecule has 0 radical (unpaired) electrons. The van der Waals surface area contributed by atoms with Crippen LogP contribution in [0.25, 0.3) is 0 Å². The van der Waals surface area contributed by atoms with E-state index in [2.05, 4.69) is 10.2 Å². The fourth-order valence-electron chi connectivity index (χ4n) is 2.06. The Morgan fingerprint density at radius 3 is 2.78 bits per heavy atom. The van der Waals surface area contributed by atoms with Crippen molar-refractivity contribution in [3.63, 3.8) is 0 Å². The SMILES string of the molecule is COC1CCCC(OC(=O)c2ccc(Cl)nn2)C1. The molecule has 0 aromatic carbocycles. The van der Waals surface area contributed by atoms with E-state index >= 15 is 0 Å². The molecule has 2 rings (SSSR count). The molecule has 5 nitrogen and oxygen atoms in total. The van der Waals surface area contributed by atoms with Crippen LogP contribution in [0.2, 0.25) is 5.15 Å². The van der Waals surface area contributed by atoms with Crippen LogP contribution in [-0.2, 0) is 9.47 Å². The van der Waals surface area contributed by atoms with Gasteiger partial charge in [-0.2, -0.15) is 0 Å². The molecule has 0 saturated heterocycles. The van der Waals surface area contributed by atoms with Crippen molar-refractivity contribution in [1.29, 1.82) is 0 Å². The maximum Gasteiger partial charge on any atom is 0.359 e. The molecular formula is C12H15ClN2O3. The Morgan fingerprint density at radius 2 is 2.11 bits per heavy atom. The number of aromatic nitrogens is 2. The molecule has 1 aliphatic rings. The minimum atomic E-state index is -0.457. The lowest BCUT2D eigenvalue weighted by molar-refractivity contribution is -0.0153. The molecular weight excluding hydrogens is 256 g/mol. The number of nitrogens with zero attached hydrogens (tertiary/aromatic N) is 2. The standard InChI is InChI=1S/C12H15ClN2O3/c1-17-8-3-2-4-9(7-8)18-12(16)10-5-6-11(13)15-14-10/h5-6,8-9H,2-4,7H2,1H3. The van der Waals surface area contributed by atoms with E-state index in [-0.39, 0.29) is 23.1 Å². The van der Waals surface area contributed by atoms with Gasteiger partial charge in [0.05, 0.1) is 6.10 Å². The van der Waals surface area contributed by atoms with Gasteiger partial charge in [-0.1, -0.05) is 11.6 Å². The van der Waals surface area contributed by atoms with E-state index in [1.54, 1.807) is 7.11 Å². The van der Waals surface area contributed by atoms with Crippen molar-refractivity contribution in [2.45, 2.75) is 37.9 Å². The second kappa shape index (κ2) is 6.11. The number of ether oxygens (including phenoxy) is 2. The Hall–Kier alpha value is -1.20. The maximum atomic E-state index is 11.8. The Morgan fingerprint density at radius 1 is 1.33 bits per heavy atom. The lowest BCUT2D eigenvalue weighted by atomic mass is 9.95. The number of methoxy groups -OCH3 is 1. The Balaban J connectivity index is 1.92. The smallest absolute Gasteiger partial charge is 0.359 e. The first-order valence-electron chi connectivity index (χ1n) is 5.92. The molecule has 0 bridgehead atoms. The third-order valence-corrected chi connectivity index (χ3v) is 3.23. The van der Waals surface area contributed by atoms with E-state index in [9.17, 15) is 4.79 Å². The van der Waals surface area contributed by atoms with E-state index in [1.807, 2.05) is 0 Å². The van der Waals surface area contributed by atoms with Crippen LogP contribution in [0.15, 0.2) is 12.1 Å². The van der Waals surface area contributed by atoms with Crippen molar-refractivity contribution >= 4 is 17.6 Å². The molecule has 6 heteroatoms. The molecule has 1 heterocycles. The summed E-state index contributed by atoms with van der Waals surface area (Å²) in [7, 11) is 1.68. The Kier molecular flexibility index (Phi) is 4.49. The zero-order chi connectivity index (χ0) is 13.0. The number of hydrogen-bond donors (Lipinski definition) is 0. The molecule has 98 valence electrons. The van der Waals surface area contributed by atoms with Gasteiger partial charge >= 0.3 is 5.97 Å². The van der Waals surface area contributed by atoms with Crippen LogP contribution in [0.1, 0.15) is 36.2 Å². The number of rotatable bonds is 3. The molecule has 1 aromatic rings. The third-order valence-electron chi connectivity index (χ3n) is 3.03. The third kappa shape index (κ3) is 3.40. The number of esters is 1. The van der Waals surface area contributed by atoms with Gasteiger partial charge in [-0.3, -0.25) is 0 Å². The van der Waals surface area contributed by atoms with Crippen molar-refractivity contribution in [3.05, 3.63) is 23.0 Å². The van der Waals surface area contributed by atoms with E-state index in [1.165, 1.54) is 12.1 Å². The monoisotopic (exact) mass is 270 g/mol. The van der Waals surface area contributed by atoms with Crippen LogP contribution in [0.3, 0.4) is 0 Å². The van der Waals surface area contributed by atoms with Crippen LogP contribution in [0.5, 0.6) is 0 Å². The number of carbonyl (C=O) groups is 1. The fourth-order valence-corrected chi connectivity index (χ4v) is 2.16. The Bertz CT molecular complexity index is 410. The zero-order valence-electron chi connectivity index (χ0n) is 10.1. The number of halogens is 1. The summed E-state index contributed by atoms with van der Waals surface area (Å²) in [6.07, 6.45) is 3.70.